The van der Waals surface area contributed by atoms with Gasteiger partial charge in [-0.05, 0) is 70.2 Å². The van der Waals surface area contributed by atoms with Gasteiger partial charge >= 0.3 is 0 Å². The summed E-state index contributed by atoms with van der Waals surface area (Å²) in [5.74, 6) is 0.879. The van der Waals surface area contributed by atoms with Crippen molar-refractivity contribution >= 4 is 0 Å². The first-order valence-corrected chi connectivity index (χ1v) is 8.01. The van der Waals surface area contributed by atoms with Crippen LogP contribution in [-0.2, 0) is 0 Å². The summed E-state index contributed by atoms with van der Waals surface area (Å²) in [7, 11) is 2.23. The molecule has 112 valence electrons. The Morgan fingerprint density at radius 2 is 1.58 bits per heavy atom. The molecule has 0 saturated carbocycles. The molecule has 2 saturated heterocycles. The number of nitrogens with zero attached hydrogens (tertiary/aromatic N) is 2. The van der Waals surface area contributed by atoms with E-state index in [1.165, 1.54) is 51.9 Å². The Balaban J connectivity index is 1.95. The lowest BCUT2D eigenvalue weighted by molar-refractivity contribution is -0.00505. The molecule has 2 fully saturated rings. The molecule has 0 aliphatic carbocycles. The first-order valence-electron chi connectivity index (χ1n) is 8.01. The summed E-state index contributed by atoms with van der Waals surface area (Å²) in [4.78, 5) is 5.16. The van der Waals surface area contributed by atoms with Crippen molar-refractivity contribution in [1.82, 2.24) is 9.80 Å². The van der Waals surface area contributed by atoms with E-state index in [0.29, 0.717) is 11.0 Å². The van der Waals surface area contributed by atoms with Crippen molar-refractivity contribution in [3.8, 4) is 0 Å². The largest absolute Gasteiger partial charge is 0.329 e. The molecule has 2 heterocycles. The average molecular weight is 267 g/mol. The molecule has 3 nitrogen and oxygen atoms in total. The lowest BCUT2D eigenvalue weighted by atomic mass is 9.74. The molecule has 0 unspecified atom stereocenters. The lowest BCUT2D eigenvalue weighted by Gasteiger charge is -2.51. The van der Waals surface area contributed by atoms with Crippen LogP contribution in [0.15, 0.2) is 0 Å². The van der Waals surface area contributed by atoms with E-state index in [0.717, 1.165) is 12.5 Å². The van der Waals surface area contributed by atoms with Crippen LogP contribution in [0, 0.1) is 11.3 Å². The maximum Gasteiger partial charge on any atom is 0.0356 e. The standard InChI is InChI=1S/C16H33N3/c1-15(2,3)14-5-9-19(10-6-14)16(13-17)7-11-18(4)12-8-16/h14H,5-13,17H2,1-4H3. The SMILES string of the molecule is CN1CCC(CN)(N2CCC(C(C)(C)C)CC2)CC1. The van der Waals surface area contributed by atoms with Crippen LogP contribution in [0.25, 0.3) is 0 Å². The molecule has 0 radical (unpaired) electrons. The van der Waals surface area contributed by atoms with Gasteiger partial charge in [0.25, 0.3) is 0 Å². The fourth-order valence-corrected chi connectivity index (χ4v) is 3.90. The number of piperidine rings is 2. The molecule has 0 bridgehead atoms. The smallest absolute Gasteiger partial charge is 0.0356 e. The van der Waals surface area contributed by atoms with Crippen LogP contribution in [0.4, 0.5) is 0 Å². The second-order valence-corrected chi connectivity index (χ2v) is 7.86. The Bertz CT molecular complexity index is 279. The Morgan fingerprint density at radius 3 is 2.00 bits per heavy atom. The minimum absolute atomic E-state index is 0.301. The molecule has 0 aromatic heterocycles. The zero-order valence-corrected chi connectivity index (χ0v) is 13.4. The zero-order chi connectivity index (χ0) is 14.1. The number of hydrogen-bond acceptors (Lipinski definition) is 3. The topological polar surface area (TPSA) is 32.5 Å². The molecule has 0 atom stereocenters. The Kier molecular flexibility index (Phi) is 4.59. The van der Waals surface area contributed by atoms with Crippen molar-refractivity contribution in [3.63, 3.8) is 0 Å². The van der Waals surface area contributed by atoms with E-state index in [1.54, 1.807) is 0 Å². The van der Waals surface area contributed by atoms with E-state index >= 15 is 0 Å². The molecule has 2 aliphatic heterocycles. The first kappa shape index (κ1) is 15.3. The summed E-state index contributed by atoms with van der Waals surface area (Å²) in [6.07, 6.45) is 5.20. The second-order valence-electron chi connectivity index (χ2n) is 7.86. The summed E-state index contributed by atoms with van der Waals surface area (Å²) in [5.41, 5.74) is 6.94. The molecule has 0 amide bonds. The van der Waals surface area contributed by atoms with Crippen molar-refractivity contribution in [2.45, 2.75) is 52.0 Å². The molecule has 0 aromatic rings. The monoisotopic (exact) mass is 267 g/mol. The third-order valence-corrected chi connectivity index (χ3v) is 5.69. The highest BCUT2D eigenvalue weighted by Crippen LogP contribution is 2.38. The van der Waals surface area contributed by atoms with Crippen molar-refractivity contribution in [3.05, 3.63) is 0 Å². The average Bonchev–Trinajstić information content (AvgIpc) is 2.39. The fraction of sp³-hybridized carbons (Fsp3) is 1.00. The van der Waals surface area contributed by atoms with Crippen molar-refractivity contribution < 1.29 is 0 Å². The number of rotatable bonds is 2. The van der Waals surface area contributed by atoms with Crippen LogP contribution in [0.3, 0.4) is 0 Å². The van der Waals surface area contributed by atoms with Gasteiger partial charge in [-0.3, -0.25) is 4.90 Å². The van der Waals surface area contributed by atoms with Gasteiger partial charge in [0.1, 0.15) is 0 Å². The lowest BCUT2D eigenvalue weighted by Crippen LogP contribution is -2.61. The van der Waals surface area contributed by atoms with Crippen molar-refractivity contribution in [2.75, 3.05) is 39.8 Å². The van der Waals surface area contributed by atoms with Crippen LogP contribution < -0.4 is 5.73 Å². The van der Waals surface area contributed by atoms with Gasteiger partial charge in [0.15, 0.2) is 0 Å². The van der Waals surface area contributed by atoms with Crippen LogP contribution in [0.2, 0.25) is 0 Å². The molecular weight excluding hydrogens is 234 g/mol. The second kappa shape index (κ2) is 5.71. The number of nitrogens with two attached hydrogens (primary N) is 1. The summed E-state index contributed by atoms with van der Waals surface area (Å²) in [6, 6.07) is 0. The highest BCUT2D eigenvalue weighted by Gasteiger charge is 2.40. The van der Waals surface area contributed by atoms with Gasteiger partial charge < -0.3 is 10.6 Å². The third kappa shape index (κ3) is 3.32. The Labute approximate surface area is 119 Å². The van der Waals surface area contributed by atoms with E-state index < -0.39 is 0 Å². The van der Waals surface area contributed by atoms with E-state index in [2.05, 4.69) is 37.6 Å². The third-order valence-electron chi connectivity index (χ3n) is 5.69. The summed E-state index contributed by atoms with van der Waals surface area (Å²) < 4.78 is 0. The van der Waals surface area contributed by atoms with Crippen molar-refractivity contribution in [1.29, 1.82) is 0 Å². The fourth-order valence-electron chi connectivity index (χ4n) is 3.90. The van der Waals surface area contributed by atoms with E-state index in [-0.39, 0.29) is 0 Å². The molecular formula is C16H33N3. The maximum absolute atomic E-state index is 6.17. The predicted molar refractivity (Wildman–Crippen MR) is 82.3 cm³/mol. The number of likely N-dealkylation sites (tertiary alicyclic amines) is 2. The minimum atomic E-state index is 0.301. The molecule has 2 aliphatic rings. The van der Waals surface area contributed by atoms with Gasteiger partial charge in [0, 0.05) is 12.1 Å². The summed E-state index contributed by atoms with van der Waals surface area (Å²) in [5, 5.41) is 0. The maximum atomic E-state index is 6.17. The van der Waals surface area contributed by atoms with Gasteiger partial charge in [-0.25, -0.2) is 0 Å². The van der Waals surface area contributed by atoms with Gasteiger partial charge in [0.05, 0.1) is 0 Å². The summed E-state index contributed by atoms with van der Waals surface area (Å²) >= 11 is 0. The summed E-state index contributed by atoms with van der Waals surface area (Å²) in [6.45, 7) is 12.9. The molecule has 3 heteroatoms. The van der Waals surface area contributed by atoms with Gasteiger partial charge in [-0.2, -0.15) is 0 Å². The Morgan fingerprint density at radius 1 is 1.05 bits per heavy atom. The molecule has 19 heavy (non-hydrogen) atoms. The van der Waals surface area contributed by atoms with Crippen LogP contribution in [0.1, 0.15) is 46.5 Å². The molecule has 2 N–H and O–H groups in total. The van der Waals surface area contributed by atoms with Crippen LogP contribution >= 0.6 is 0 Å². The van der Waals surface area contributed by atoms with E-state index in [9.17, 15) is 0 Å². The molecule has 2 rings (SSSR count). The quantitative estimate of drug-likeness (QED) is 0.832. The van der Waals surface area contributed by atoms with Gasteiger partial charge in [-0.15, -0.1) is 0 Å². The van der Waals surface area contributed by atoms with Gasteiger partial charge in [-0.1, -0.05) is 20.8 Å². The normalized spacial score (nSPS) is 27.6. The van der Waals surface area contributed by atoms with Gasteiger partial charge in [0.2, 0.25) is 0 Å². The predicted octanol–water partition coefficient (Wildman–Crippen LogP) is 2.17. The zero-order valence-electron chi connectivity index (χ0n) is 13.4. The van der Waals surface area contributed by atoms with E-state index in [1.807, 2.05) is 0 Å². The minimum Gasteiger partial charge on any atom is -0.329 e. The Hall–Kier alpha value is -0.120. The highest BCUT2D eigenvalue weighted by molar-refractivity contribution is 4.98. The number of hydrogen-bond donors (Lipinski definition) is 1. The molecule has 0 aromatic carbocycles. The van der Waals surface area contributed by atoms with E-state index in [4.69, 9.17) is 5.73 Å². The van der Waals surface area contributed by atoms with Crippen molar-refractivity contribution in [2.24, 2.45) is 17.1 Å². The highest BCUT2D eigenvalue weighted by atomic mass is 15.2. The van der Waals surface area contributed by atoms with Crippen LogP contribution in [-0.4, -0.2) is 55.1 Å². The molecule has 0 spiro atoms. The van der Waals surface area contributed by atoms with Crippen LogP contribution in [0.5, 0.6) is 0 Å². The first-order chi connectivity index (χ1) is 8.87.